The third-order valence-electron chi connectivity index (χ3n) is 3.81. The molecule has 20 heavy (non-hydrogen) atoms. The van der Waals surface area contributed by atoms with E-state index in [1.807, 2.05) is 39.0 Å². The van der Waals surface area contributed by atoms with Gasteiger partial charge in [-0.15, -0.1) is 0 Å². The van der Waals surface area contributed by atoms with E-state index >= 15 is 0 Å². The SMILES string of the molecule is Cc1ccc(CO)cc1NC(=O)C1CC(C)OC(C)C1. The maximum absolute atomic E-state index is 12.4. The van der Waals surface area contributed by atoms with Crippen LogP contribution in [0.4, 0.5) is 5.69 Å². The van der Waals surface area contributed by atoms with E-state index in [2.05, 4.69) is 5.32 Å². The number of ether oxygens (including phenoxy) is 1. The minimum atomic E-state index is -0.0194. The van der Waals surface area contributed by atoms with Crippen LogP contribution in [0.1, 0.15) is 37.8 Å². The Hall–Kier alpha value is -1.39. The molecule has 4 heteroatoms. The molecule has 2 N–H and O–H groups in total. The number of carbonyl (C=O) groups excluding carboxylic acids is 1. The van der Waals surface area contributed by atoms with Crippen molar-refractivity contribution >= 4 is 11.6 Å². The summed E-state index contributed by atoms with van der Waals surface area (Å²) < 4.78 is 5.66. The Morgan fingerprint density at radius 3 is 2.60 bits per heavy atom. The van der Waals surface area contributed by atoms with Gasteiger partial charge in [-0.25, -0.2) is 0 Å². The van der Waals surface area contributed by atoms with Gasteiger partial charge in [-0.05, 0) is 50.8 Å². The summed E-state index contributed by atoms with van der Waals surface area (Å²) in [5, 5.41) is 12.2. The van der Waals surface area contributed by atoms with Crippen molar-refractivity contribution in [2.24, 2.45) is 5.92 Å². The predicted octanol–water partition coefficient (Wildman–Crippen LogP) is 2.63. The predicted molar refractivity (Wildman–Crippen MR) is 78.5 cm³/mol. The van der Waals surface area contributed by atoms with Crippen molar-refractivity contribution in [3.05, 3.63) is 29.3 Å². The zero-order valence-corrected chi connectivity index (χ0v) is 12.3. The summed E-state index contributed by atoms with van der Waals surface area (Å²) in [6, 6.07) is 5.61. The Labute approximate surface area is 120 Å². The minimum Gasteiger partial charge on any atom is -0.392 e. The highest BCUT2D eigenvalue weighted by atomic mass is 16.5. The van der Waals surface area contributed by atoms with E-state index in [0.29, 0.717) is 0 Å². The van der Waals surface area contributed by atoms with Crippen LogP contribution < -0.4 is 5.32 Å². The Kier molecular flexibility index (Phi) is 4.78. The van der Waals surface area contributed by atoms with Crippen molar-refractivity contribution in [2.45, 2.75) is 52.4 Å². The van der Waals surface area contributed by atoms with Crippen molar-refractivity contribution in [3.8, 4) is 0 Å². The molecule has 0 radical (unpaired) electrons. The first-order chi connectivity index (χ1) is 9.49. The fourth-order valence-corrected chi connectivity index (χ4v) is 2.76. The minimum absolute atomic E-state index is 0.00840. The van der Waals surface area contributed by atoms with Gasteiger partial charge in [0.1, 0.15) is 0 Å². The summed E-state index contributed by atoms with van der Waals surface area (Å²) in [7, 11) is 0. The Bertz CT molecular complexity index is 477. The lowest BCUT2D eigenvalue weighted by Gasteiger charge is -2.31. The van der Waals surface area contributed by atoms with Gasteiger partial charge < -0.3 is 15.2 Å². The topological polar surface area (TPSA) is 58.6 Å². The molecule has 2 unspecified atom stereocenters. The molecule has 2 atom stereocenters. The number of rotatable bonds is 3. The van der Waals surface area contributed by atoms with Crippen molar-refractivity contribution in [2.75, 3.05) is 5.32 Å². The van der Waals surface area contributed by atoms with Crippen molar-refractivity contribution in [1.29, 1.82) is 0 Å². The van der Waals surface area contributed by atoms with Crippen molar-refractivity contribution in [3.63, 3.8) is 0 Å². The quantitative estimate of drug-likeness (QED) is 0.893. The monoisotopic (exact) mass is 277 g/mol. The van der Waals surface area contributed by atoms with Crippen LogP contribution >= 0.6 is 0 Å². The van der Waals surface area contributed by atoms with Crippen molar-refractivity contribution < 1.29 is 14.6 Å². The molecule has 1 aromatic carbocycles. The number of nitrogens with one attached hydrogen (secondary N) is 1. The summed E-state index contributed by atoms with van der Waals surface area (Å²) in [4.78, 5) is 12.4. The van der Waals surface area contributed by atoms with Gasteiger partial charge in [0.2, 0.25) is 5.91 Å². The van der Waals surface area contributed by atoms with Crippen LogP contribution in [0.2, 0.25) is 0 Å². The molecule has 0 aliphatic carbocycles. The second kappa shape index (κ2) is 6.37. The number of aryl methyl sites for hydroxylation is 1. The van der Waals surface area contributed by atoms with E-state index in [9.17, 15) is 9.90 Å². The molecule has 1 saturated heterocycles. The molecule has 0 spiro atoms. The van der Waals surface area contributed by atoms with Gasteiger partial charge in [0, 0.05) is 11.6 Å². The molecule has 0 aromatic heterocycles. The molecule has 0 saturated carbocycles. The number of benzene rings is 1. The van der Waals surface area contributed by atoms with Crippen LogP contribution in [0.15, 0.2) is 18.2 Å². The summed E-state index contributed by atoms with van der Waals surface area (Å²) >= 11 is 0. The number of anilines is 1. The molecule has 2 rings (SSSR count). The number of hydrogen-bond acceptors (Lipinski definition) is 3. The summed E-state index contributed by atoms with van der Waals surface area (Å²) in [5.41, 5.74) is 2.59. The highest BCUT2D eigenvalue weighted by Gasteiger charge is 2.29. The highest BCUT2D eigenvalue weighted by molar-refractivity contribution is 5.93. The first-order valence-corrected chi connectivity index (χ1v) is 7.16. The number of amides is 1. The van der Waals surface area contributed by atoms with E-state index in [1.54, 1.807) is 0 Å². The Morgan fingerprint density at radius 1 is 1.35 bits per heavy atom. The second-order valence-electron chi connectivity index (χ2n) is 5.72. The molecule has 1 aromatic rings. The van der Waals surface area contributed by atoms with Gasteiger partial charge in [-0.3, -0.25) is 4.79 Å². The number of hydrogen-bond donors (Lipinski definition) is 2. The lowest BCUT2D eigenvalue weighted by atomic mass is 9.91. The Balaban J connectivity index is 2.07. The second-order valence-corrected chi connectivity index (χ2v) is 5.72. The molecular formula is C16H23NO3. The van der Waals surface area contributed by atoms with Crippen LogP contribution in [0, 0.1) is 12.8 Å². The third kappa shape index (κ3) is 3.58. The fourth-order valence-electron chi connectivity index (χ4n) is 2.76. The standard InChI is InChI=1S/C16H23NO3/c1-10-4-5-13(9-18)8-15(10)17-16(19)14-6-11(2)20-12(3)7-14/h4-5,8,11-12,14,18H,6-7,9H2,1-3H3,(H,17,19). The van der Waals surface area contributed by atoms with E-state index in [4.69, 9.17) is 4.74 Å². The van der Waals surface area contributed by atoms with Gasteiger partial charge in [0.05, 0.1) is 18.8 Å². The summed E-state index contributed by atoms with van der Waals surface area (Å²) in [5.74, 6) is 0.0381. The molecule has 1 aliphatic rings. The fraction of sp³-hybridized carbons (Fsp3) is 0.562. The maximum Gasteiger partial charge on any atom is 0.227 e. The van der Waals surface area contributed by atoms with Gasteiger partial charge >= 0.3 is 0 Å². The van der Waals surface area contributed by atoms with Crippen LogP contribution in [0.3, 0.4) is 0 Å². The molecule has 1 aliphatic heterocycles. The molecular weight excluding hydrogens is 254 g/mol. The number of carbonyl (C=O) groups is 1. The van der Waals surface area contributed by atoms with Crippen LogP contribution in [-0.2, 0) is 16.1 Å². The molecule has 1 heterocycles. The van der Waals surface area contributed by atoms with E-state index in [-0.39, 0.29) is 30.6 Å². The van der Waals surface area contributed by atoms with Crippen molar-refractivity contribution in [1.82, 2.24) is 0 Å². The summed E-state index contributed by atoms with van der Waals surface area (Å²) in [6.07, 6.45) is 1.77. The van der Waals surface area contributed by atoms with Gasteiger partial charge in [0.15, 0.2) is 0 Å². The molecule has 110 valence electrons. The lowest BCUT2D eigenvalue weighted by Crippen LogP contribution is -2.36. The summed E-state index contributed by atoms with van der Waals surface area (Å²) in [6.45, 7) is 5.95. The molecule has 1 amide bonds. The zero-order chi connectivity index (χ0) is 14.7. The maximum atomic E-state index is 12.4. The average Bonchev–Trinajstić information content (AvgIpc) is 2.40. The number of aliphatic hydroxyl groups is 1. The van der Waals surface area contributed by atoms with E-state index < -0.39 is 0 Å². The largest absolute Gasteiger partial charge is 0.392 e. The lowest BCUT2D eigenvalue weighted by molar-refractivity contribution is -0.127. The van der Waals surface area contributed by atoms with E-state index in [1.165, 1.54) is 0 Å². The van der Waals surface area contributed by atoms with Gasteiger partial charge in [0.25, 0.3) is 0 Å². The van der Waals surface area contributed by atoms with Gasteiger partial charge in [-0.1, -0.05) is 12.1 Å². The van der Waals surface area contributed by atoms with Crippen LogP contribution in [0.5, 0.6) is 0 Å². The normalized spacial score (nSPS) is 26.3. The molecule has 0 bridgehead atoms. The van der Waals surface area contributed by atoms with Gasteiger partial charge in [-0.2, -0.15) is 0 Å². The first kappa shape index (κ1) is 15.0. The molecule has 4 nitrogen and oxygen atoms in total. The first-order valence-electron chi connectivity index (χ1n) is 7.16. The highest BCUT2D eigenvalue weighted by Crippen LogP contribution is 2.26. The smallest absolute Gasteiger partial charge is 0.227 e. The third-order valence-corrected chi connectivity index (χ3v) is 3.81. The van der Waals surface area contributed by atoms with E-state index in [0.717, 1.165) is 29.7 Å². The van der Waals surface area contributed by atoms with Crippen LogP contribution in [0.25, 0.3) is 0 Å². The average molecular weight is 277 g/mol. The van der Waals surface area contributed by atoms with Crippen LogP contribution in [-0.4, -0.2) is 23.2 Å². The Morgan fingerprint density at radius 2 is 2.00 bits per heavy atom. The number of aliphatic hydroxyl groups excluding tert-OH is 1. The molecule has 1 fully saturated rings. The zero-order valence-electron chi connectivity index (χ0n) is 12.3.